The predicted octanol–water partition coefficient (Wildman–Crippen LogP) is 3.07. The van der Waals surface area contributed by atoms with E-state index < -0.39 is 0 Å². The van der Waals surface area contributed by atoms with Crippen molar-refractivity contribution in [1.82, 2.24) is 15.0 Å². The summed E-state index contributed by atoms with van der Waals surface area (Å²) in [4.78, 5) is 13.7. The number of aromatic nitrogens is 3. The highest BCUT2D eigenvalue weighted by Gasteiger charge is 2.04. The third kappa shape index (κ3) is 3.14. The van der Waals surface area contributed by atoms with E-state index in [9.17, 15) is 0 Å². The molecule has 0 saturated carbocycles. The van der Waals surface area contributed by atoms with Gasteiger partial charge in [-0.1, -0.05) is 6.92 Å². The highest BCUT2D eigenvalue weighted by molar-refractivity contribution is 7.11. The molecule has 2 heterocycles. The van der Waals surface area contributed by atoms with Crippen molar-refractivity contribution in [2.75, 3.05) is 5.32 Å². The van der Waals surface area contributed by atoms with E-state index in [2.05, 4.69) is 27.2 Å². The molecule has 17 heavy (non-hydrogen) atoms. The van der Waals surface area contributed by atoms with Crippen molar-refractivity contribution in [1.29, 1.82) is 0 Å². The van der Waals surface area contributed by atoms with Gasteiger partial charge in [-0.15, -0.1) is 11.3 Å². The average molecular weight is 269 g/mol. The number of nitrogens with zero attached hydrogens (tertiary/aromatic N) is 3. The summed E-state index contributed by atoms with van der Waals surface area (Å²) in [5.74, 6) is 0.762. The molecule has 90 valence electrons. The number of thiazole rings is 1. The summed E-state index contributed by atoms with van der Waals surface area (Å²) in [6, 6.07) is 0. The number of anilines is 1. The first-order chi connectivity index (χ1) is 8.19. The normalized spacial score (nSPS) is 10.5. The molecule has 2 aromatic rings. The molecule has 0 aliphatic rings. The second-order valence-corrected chi connectivity index (χ2v) is 5.14. The van der Waals surface area contributed by atoms with Gasteiger partial charge in [0.15, 0.2) is 0 Å². The van der Waals surface area contributed by atoms with Crippen molar-refractivity contribution >= 4 is 28.8 Å². The molecule has 2 rings (SSSR count). The molecule has 0 bridgehead atoms. The van der Waals surface area contributed by atoms with Gasteiger partial charge in [-0.3, -0.25) is 0 Å². The second kappa shape index (κ2) is 5.42. The van der Waals surface area contributed by atoms with E-state index in [0.717, 1.165) is 22.8 Å². The highest BCUT2D eigenvalue weighted by atomic mass is 35.5. The molecule has 0 atom stereocenters. The fourth-order valence-corrected chi connectivity index (χ4v) is 2.29. The van der Waals surface area contributed by atoms with Crippen LogP contribution in [0, 0.1) is 6.92 Å². The van der Waals surface area contributed by atoms with Crippen molar-refractivity contribution in [2.45, 2.75) is 26.8 Å². The number of aryl methyl sites for hydroxylation is 2. The lowest BCUT2D eigenvalue weighted by Gasteiger charge is -2.06. The largest absolute Gasteiger partial charge is 0.363 e. The van der Waals surface area contributed by atoms with E-state index in [1.807, 2.05) is 13.1 Å². The Kier molecular flexibility index (Phi) is 3.91. The Morgan fingerprint density at radius 2 is 2.18 bits per heavy atom. The molecular weight excluding hydrogens is 256 g/mol. The van der Waals surface area contributed by atoms with Crippen molar-refractivity contribution < 1.29 is 0 Å². The first kappa shape index (κ1) is 12.3. The minimum atomic E-state index is 0.256. The Hall–Kier alpha value is -1.20. The molecule has 1 N–H and O–H groups in total. The fourth-order valence-electron chi connectivity index (χ4n) is 1.35. The number of rotatable bonds is 4. The topological polar surface area (TPSA) is 50.7 Å². The van der Waals surface area contributed by atoms with Crippen molar-refractivity contribution in [3.63, 3.8) is 0 Å². The quantitative estimate of drug-likeness (QED) is 0.866. The van der Waals surface area contributed by atoms with Crippen LogP contribution in [0.1, 0.15) is 22.4 Å². The SMILES string of the molecule is CCc1cnc(CNc2nc(Cl)ncc2C)s1. The molecule has 0 fully saturated rings. The summed E-state index contributed by atoms with van der Waals surface area (Å²) < 4.78 is 0. The van der Waals surface area contributed by atoms with Gasteiger partial charge in [0, 0.05) is 22.8 Å². The number of hydrogen-bond acceptors (Lipinski definition) is 5. The molecule has 0 aliphatic heterocycles. The number of nitrogens with one attached hydrogen (secondary N) is 1. The molecule has 0 radical (unpaired) electrons. The van der Waals surface area contributed by atoms with Crippen LogP contribution >= 0.6 is 22.9 Å². The molecular formula is C11H13ClN4S. The lowest BCUT2D eigenvalue weighted by molar-refractivity contribution is 1.04. The van der Waals surface area contributed by atoms with E-state index in [1.54, 1.807) is 17.5 Å². The summed E-state index contributed by atoms with van der Waals surface area (Å²) in [6.07, 6.45) is 4.65. The minimum absolute atomic E-state index is 0.256. The van der Waals surface area contributed by atoms with Crippen molar-refractivity contribution in [2.24, 2.45) is 0 Å². The zero-order valence-electron chi connectivity index (χ0n) is 9.70. The Morgan fingerprint density at radius 1 is 1.35 bits per heavy atom. The molecule has 0 saturated heterocycles. The number of hydrogen-bond donors (Lipinski definition) is 1. The van der Waals surface area contributed by atoms with Gasteiger partial charge in [0.1, 0.15) is 10.8 Å². The van der Waals surface area contributed by atoms with Crippen LogP contribution in [0.3, 0.4) is 0 Å². The van der Waals surface area contributed by atoms with Crippen molar-refractivity contribution in [3.05, 3.63) is 33.1 Å². The van der Waals surface area contributed by atoms with Gasteiger partial charge in [-0.25, -0.2) is 15.0 Å². The molecule has 0 aliphatic carbocycles. The molecule has 4 nitrogen and oxygen atoms in total. The maximum Gasteiger partial charge on any atom is 0.224 e. The standard InChI is InChI=1S/C11H13ClN4S/c1-3-8-5-13-9(17-8)6-14-10-7(2)4-15-11(12)16-10/h4-5H,3,6H2,1-2H3,(H,14,15,16). The average Bonchev–Trinajstić information content (AvgIpc) is 2.78. The lowest BCUT2D eigenvalue weighted by atomic mass is 10.3. The van der Waals surface area contributed by atoms with Crippen LogP contribution in [0.5, 0.6) is 0 Å². The zero-order chi connectivity index (χ0) is 12.3. The first-order valence-electron chi connectivity index (χ1n) is 5.35. The molecule has 0 unspecified atom stereocenters. The lowest BCUT2D eigenvalue weighted by Crippen LogP contribution is -2.03. The summed E-state index contributed by atoms with van der Waals surface area (Å²) in [6.45, 7) is 4.73. The van der Waals surface area contributed by atoms with E-state index in [-0.39, 0.29) is 5.28 Å². The Balaban J connectivity index is 2.04. The molecule has 0 spiro atoms. The van der Waals surface area contributed by atoms with Gasteiger partial charge in [0.05, 0.1) is 6.54 Å². The molecule has 2 aromatic heterocycles. The first-order valence-corrected chi connectivity index (χ1v) is 6.55. The Labute approximate surface area is 109 Å². The minimum Gasteiger partial charge on any atom is -0.363 e. The molecule has 0 amide bonds. The van der Waals surface area contributed by atoms with Crippen molar-refractivity contribution in [3.8, 4) is 0 Å². The van der Waals surface area contributed by atoms with Crippen LogP contribution in [0.25, 0.3) is 0 Å². The molecule has 6 heteroatoms. The van der Waals surface area contributed by atoms with Crippen LogP contribution in [0.15, 0.2) is 12.4 Å². The Morgan fingerprint density at radius 3 is 2.88 bits per heavy atom. The Bertz CT molecular complexity index is 512. The van der Waals surface area contributed by atoms with Crippen LogP contribution in [-0.4, -0.2) is 15.0 Å². The van der Waals surface area contributed by atoms with Gasteiger partial charge >= 0.3 is 0 Å². The third-order valence-corrected chi connectivity index (χ3v) is 3.62. The van der Waals surface area contributed by atoms with Gasteiger partial charge in [0.2, 0.25) is 5.28 Å². The van der Waals surface area contributed by atoms with Crippen LogP contribution in [-0.2, 0) is 13.0 Å². The van der Waals surface area contributed by atoms with Gasteiger partial charge in [-0.2, -0.15) is 0 Å². The summed E-state index contributed by atoms with van der Waals surface area (Å²) in [7, 11) is 0. The smallest absolute Gasteiger partial charge is 0.224 e. The maximum atomic E-state index is 5.75. The summed E-state index contributed by atoms with van der Waals surface area (Å²) in [5.41, 5.74) is 0.974. The number of halogens is 1. The van der Waals surface area contributed by atoms with Crippen LogP contribution in [0.2, 0.25) is 5.28 Å². The van der Waals surface area contributed by atoms with Gasteiger partial charge < -0.3 is 5.32 Å². The van der Waals surface area contributed by atoms with E-state index >= 15 is 0 Å². The van der Waals surface area contributed by atoms with Crippen LogP contribution in [0.4, 0.5) is 5.82 Å². The van der Waals surface area contributed by atoms with E-state index in [0.29, 0.717) is 6.54 Å². The van der Waals surface area contributed by atoms with E-state index in [4.69, 9.17) is 11.6 Å². The van der Waals surface area contributed by atoms with E-state index in [1.165, 1.54) is 4.88 Å². The predicted molar refractivity (Wildman–Crippen MR) is 70.6 cm³/mol. The monoisotopic (exact) mass is 268 g/mol. The third-order valence-electron chi connectivity index (χ3n) is 2.30. The summed E-state index contributed by atoms with van der Waals surface area (Å²) >= 11 is 7.46. The van der Waals surface area contributed by atoms with Crippen LogP contribution < -0.4 is 5.32 Å². The highest BCUT2D eigenvalue weighted by Crippen LogP contribution is 2.17. The zero-order valence-corrected chi connectivity index (χ0v) is 11.3. The second-order valence-electron chi connectivity index (χ2n) is 3.60. The fraction of sp³-hybridized carbons (Fsp3) is 0.364. The summed E-state index contributed by atoms with van der Waals surface area (Å²) in [5, 5.41) is 4.53. The maximum absolute atomic E-state index is 5.75. The molecule has 0 aromatic carbocycles. The van der Waals surface area contributed by atoms with Gasteiger partial charge in [0.25, 0.3) is 0 Å². The van der Waals surface area contributed by atoms with Gasteiger partial charge in [-0.05, 0) is 24.9 Å².